The zero-order chi connectivity index (χ0) is 15.4. The van der Waals surface area contributed by atoms with E-state index in [0.29, 0.717) is 17.9 Å². The molecule has 0 spiro atoms. The van der Waals surface area contributed by atoms with Crippen molar-refractivity contribution in [1.82, 2.24) is 15.0 Å². The van der Waals surface area contributed by atoms with Crippen LogP contribution in [0.15, 0.2) is 0 Å². The number of rotatable bonds is 5. The molecule has 21 heavy (non-hydrogen) atoms. The third kappa shape index (κ3) is 4.19. The SMILES string of the molecule is CCN(CC)c1nc(N)nc(NC2CC(C)CC(C)C2)n1. The summed E-state index contributed by atoms with van der Waals surface area (Å²) in [4.78, 5) is 15.1. The molecule has 0 aliphatic heterocycles. The molecule has 0 radical (unpaired) electrons. The van der Waals surface area contributed by atoms with Crippen LogP contribution in [0, 0.1) is 11.8 Å². The lowest BCUT2D eigenvalue weighted by molar-refractivity contribution is 0.280. The van der Waals surface area contributed by atoms with Crippen molar-refractivity contribution in [3.8, 4) is 0 Å². The molecule has 2 atom stereocenters. The Morgan fingerprint density at radius 2 is 1.67 bits per heavy atom. The van der Waals surface area contributed by atoms with E-state index in [4.69, 9.17) is 5.73 Å². The van der Waals surface area contributed by atoms with Crippen molar-refractivity contribution < 1.29 is 0 Å². The summed E-state index contributed by atoms with van der Waals surface area (Å²) >= 11 is 0. The molecule has 118 valence electrons. The summed E-state index contributed by atoms with van der Waals surface area (Å²) < 4.78 is 0. The summed E-state index contributed by atoms with van der Waals surface area (Å²) in [5.41, 5.74) is 5.84. The van der Waals surface area contributed by atoms with Crippen LogP contribution in [0.4, 0.5) is 17.8 Å². The van der Waals surface area contributed by atoms with E-state index in [-0.39, 0.29) is 5.95 Å². The Morgan fingerprint density at radius 3 is 2.24 bits per heavy atom. The molecule has 3 N–H and O–H groups in total. The number of aromatic nitrogens is 3. The van der Waals surface area contributed by atoms with Gasteiger partial charge in [-0.3, -0.25) is 0 Å². The standard InChI is InChI=1S/C15H28N6/c1-5-21(6-2)15-19-13(16)18-14(20-15)17-12-8-10(3)7-11(4)9-12/h10-12H,5-9H2,1-4H3,(H3,16,17,18,19,20). The highest BCUT2D eigenvalue weighted by molar-refractivity contribution is 5.42. The molecule has 6 nitrogen and oxygen atoms in total. The number of nitrogens with one attached hydrogen (secondary N) is 1. The molecule has 1 fully saturated rings. The molecule has 0 aromatic carbocycles. The van der Waals surface area contributed by atoms with Gasteiger partial charge in [0.1, 0.15) is 0 Å². The molecule has 1 saturated carbocycles. The van der Waals surface area contributed by atoms with Gasteiger partial charge in [0.05, 0.1) is 0 Å². The molecular formula is C15H28N6. The summed E-state index contributed by atoms with van der Waals surface area (Å²) in [6, 6.07) is 0.426. The van der Waals surface area contributed by atoms with Gasteiger partial charge in [-0.2, -0.15) is 15.0 Å². The lowest BCUT2D eigenvalue weighted by Crippen LogP contribution is -2.31. The molecule has 6 heteroatoms. The first-order chi connectivity index (χ1) is 10.0. The fourth-order valence-electron chi connectivity index (χ4n) is 3.34. The van der Waals surface area contributed by atoms with E-state index in [2.05, 4.69) is 52.9 Å². The van der Waals surface area contributed by atoms with Crippen molar-refractivity contribution in [2.45, 2.75) is 53.0 Å². The summed E-state index contributed by atoms with van der Waals surface area (Å²) in [5, 5.41) is 3.46. The predicted molar refractivity (Wildman–Crippen MR) is 87.4 cm³/mol. The third-order valence-corrected chi connectivity index (χ3v) is 4.20. The largest absolute Gasteiger partial charge is 0.368 e. The Hall–Kier alpha value is -1.59. The fourth-order valence-corrected chi connectivity index (χ4v) is 3.34. The van der Waals surface area contributed by atoms with E-state index in [9.17, 15) is 0 Å². The molecule has 1 aliphatic carbocycles. The van der Waals surface area contributed by atoms with E-state index in [0.717, 1.165) is 37.8 Å². The minimum Gasteiger partial charge on any atom is -0.368 e. The monoisotopic (exact) mass is 292 g/mol. The lowest BCUT2D eigenvalue weighted by Gasteiger charge is -2.32. The minimum absolute atomic E-state index is 0.284. The van der Waals surface area contributed by atoms with Crippen LogP contribution in [0.2, 0.25) is 0 Å². The Bertz CT molecular complexity index is 449. The molecule has 1 aliphatic rings. The summed E-state index contributed by atoms with van der Waals surface area (Å²) in [7, 11) is 0. The lowest BCUT2D eigenvalue weighted by atomic mass is 9.80. The quantitative estimate of drug-likeness (QED) is 0.868. The van der Waals surface area contributed by atoms with Crippen LogP contribution in [0.1, 0.15) is 47.0 Å². The number of nitrogens with two attached hydrogens (primary N) is 1. The highest BCUT2D eigenvalue weighted by Crippen LogP contribution is 2.30. The van der Waals surface area contributed by atoms with Crippen LogP contribution >= 0.6 is 0 Å². The number of nitrogen functional groups attached to an aromatic ring is 1. The first-order valence-corrected chi connectivity index (χ1v) is 8.04. The highest BCUT2D eigenvalue weighted by atomic mass is 15.3. The zero-order valence-corrected chi connectivity index (χ0v) is 13.6. The van der Waals surface area contributed by atoms with Gasteiger partial charge in [0.15, 0.2) is 0 Å². The molecule has 0 amide bonds. The van der Waals surface area contributed by atoms with Crippen LogP contribution in [0.5, 0.6) is 0 Å². The van der Waals surface area contributed by atoms with Gasteiger partial charge in [-0.15, -0.1) is 0 Å². The van der Waals surface area contributed by atoms with Gasteiger partial charge in [0.25, 0.3) is 0 Å². The topological polar surface area (TPSA) is 80.0 Å². The van der Waals surface area contributed by atoms with Crippen molar-refractivity contribution in [3.05, 3.63) is 0 Å². The van der Waals surface area contributed by atoms with Gasteiger partial charge in [-0.1, -0.05) is 13.8 Å². The minimum atomic E-state index is 0.284. The Kier molecular flexibility index (Phi) is 5.20. The van der Waals surface area contributed by atoms with Gasteiger partial charge in [-0.05, 0) is 44.9 Å². The summed E-state index contributed by atoms with van der Waals surface area (Å²) in [5.74, 6) is 3.04. The molecule has 1 heterocycles. The van der Waals surface area contributed by atoms with Crippen molar-refractivity contribution in [2.24, 2.45) is 11.8 Å². The van der Waals surface area contributed by atoms with E-state index in [1.54, 1.807) is 0 Å². The molecule has 1 aromatic heterocycles. The second kappa shape index (κ2) is 6.91. The molecule has 2 rings (SSSR count). The number of hydrogen-bond donors (Lipinski definition) is 2. The Morgan fingerprint density at radius 1 is 1.05 bits per heavy atom. The maximum atomic E-state index is 5.84. The first kappa shape index (κ1) is 15.8. The van der Waals surface area contributed by atoms with Crippen molar-refractivity contribution >= 4 is 17.8 Å². The maximum Gasteiger partial charge on any atom is 0.231 e. The first-order valence-electron chi connectivity index (χ1n) is 8.04. The molecule has 0 saturated heterocycles. The third-order valence-electron chi connectivity index (χ3n) is 4.20. The van der Waals surface area contributed by atoms with Crippen molar-refractivity contribution in [3.63, 3.8) is 0 Å². The van der Waals surface area contributed by atoms with E-state index in [1.165, 1.54) is 6.42 Å². The maximum absolute atomic E-state index is 5.84. The van der Waals surface area contributed by atoms with Crippen molar-refractivity contribution in [2.75, 3.05) is 29.0 Å². The van der Waals surface area contributed by atoms with E-state index >= 15 is 0 Å². The van der Waals surface area contributed by atoms with E-state index in [1.807, 2.05) is 0 Å². The predicted octanol–water partition coefficient (Wildman–Crippen LogP) is 2.54. The summed E-state index contributed by atoms with van der Waals surface area (Å²) in [6.07, 6.45) is 3.63. The van der Waals surface area contributed by atoms with Crippen LogP contribution in [0.25, 0.3) is 0 Å². The van der Waals surface area contributed by atoms with Crippen LogP contribution < -0.4 is 16.0 Å². The molecule has 0 bridgehead atoms. The Balaban J connectivity index is 2.12. The van der Waals surface area contributed by atoms with Gasteiger partial charge < -0.3 is 16.0 Å². The highest BCUT2D eigenvalue weighted by Gasteiger charge is 2.24. The second-order valence-corrected chi connectivity index (χ2v) is 6.25. The molecule has 1 aromatic rings. The smallest absolute Gasteiger partial charge is 0.231 e. The van der Waals surface area contributed by atoms with E-state index < -0.39 is 0 Å². The van der Waals surface area contributed by atoms with Crippen LogP contribution in [0.3, 0.4) is 0 Å². The number of nitrogens with zero attached hydrogens (tertiary/aromatic N) is 4. The van der Waals surface area contributed by atoms with Crippen LogP contribution in [-0.2, 0) is 0 Å². The van der Waals surface area contributed by atoms with Gasteiger partial charge in [-0.25, -0.2) is 0 Å². The normalized spacial score (nSPS) is 25.6. The van der Waals surface area contributed by atoms with Crippen molar-refractivity contribution in [1.29, 1.82) is 0 Å². The average Bonchev–Trinajstić information content (AvgIpc) is 2.38. The molecule has 2 unspecified atom stereocenters. The fraction of sp³-hybridized carbons (Fsp3) is 0.800. The number of anilines is 3. The van der Waals surface area contributed by atoms with Gasteiger partial charge in [0, 0.05) is 19.1 Å². The Labute approximate surface area is 127 Å². The van der Waals surface area contributed by atoms with Gasteiger partial charge in [0.2, 0.25) is 17.8 Å². The molecular weight excluding hydrogens is 264 g/mol. The average molecular weight is 292 g/mol. The zero-order valence-electron chi connectivity index (χ0n) is 13.6. The van der Waals surface area contributed by atoms with Gasteiger partial charge >= 0.3 is 0 Å². The second-order valence-electron chi connectivity index (χ2n) is 6.25. The van der Waals surface area contributed by atoms with Crippen LogP contribution in [-0.4, -0.2) is 34.1 Å². The summed E-state index contributed by atoms with van der Waals surface area (Å²) in [6.45, 7) is 10.5. The number of hydrogen-bond acceptors (Lipinski definition) is 6.